The molecule has 7 rings (SSSR count). The smallest absolute Gasteiger partial charge is 0.265 e. The molecule has 256 valence electrons. The lowest BCUT2D eigenvalue weighted by Gasteiger charge is -2.34. The Bertz CT molecular complexity index is 1820. The number of pyridine rings is 4. The minimum Gasteiger partial charge on any atom is -0.477 e. The van der Waals surface area contributed by atoms with Crippen molar-refractivity contribution in [2.75, 3.05) is 23.4 Å². The van der Waals surface area contributed by atoms with E-state index in [1.54, 1.807) is 0 Å². The molecule has 3 aliphatic rings. The van der Waals surface area contributed by atoms with E-state index in [1.807, 2.05) is 54.7 Å². The second kappa shape index (κ2) is 13.6. The van der Waals surface area contributed by atoms with Crippen LogP contribution in [0.2, 0.25) is 0 Å². The molecule has 9 nitrogen and oxygen atoms in total. The van der Waals surface area contributed by atoms with E-state index < -0.39 is 0 Å². The number of hydrogen-bond acceptors (Lipinski definition) is 9. The van der Waals surface area contributed by atoms with Crippen molar-refractivity contribution in [1.29, 1.82) is 0 Å². The number of hydrogen-bond donors (Lipinski definition) is 2. The molecule has 1 saturated carbocycles. The molecule has 0 spiro atoms. The predicted octanol–water partition coefficient (Wildman–Crippen LogP) is 8.40. The second-order valence-corrected chi connectivity index (χ2v) is 16.2. The van der Waals surface area contributed by atoms with Crippen molar-refractivity contribution < 1.29 is 9.53 Å². The van der Waals surface area contributed by atoms with Gasteiger partial charge in [-0.05, 0) is 111 Å². The van der Waals surface area contributed by atoms with Gasteiger partial charge in [-0.3, -0.25) is 14.5 Å². The number of rotatable bonds is 5. The standard InChI is InChI=1S/C39H47N7O2S/c1-38(2,3)27-19-20-40-32(21-27)31-17-15-26-22-39(4,5)46(23-26)36-28(37(47)45-49-35-14-8-12-33(41-31)44-35)16-18-30(43-36)29-11-7-13-34(42-29)48-24-25-9-6-10-25/h7-8,11-14,16,18-21,25-26,31H,6,9-10,15,17,22-24H2,1-5H3,(H,41,44)(H,45,47). The fourth-order valence-electron chi connectivity index (χ4n) is 7.11. The molecule has 0 aromatic carbocycles. The molecule has 0 radical (unpaired) electrons. The van der Waals surface area contributed by atoms with Gasteiger partial charge in [-0.25, -0.2) is 15.0 Å². The molecule has 2 atom stereocenters. The summed E-state index contributed by atoms with van der Waals surface area (Å²) in [5.74, 6) is 2.85. The molecule has 2 fully saturated rings. The van der Waals surface area contributed by atoms with Gasteiger partial charge < -0.3 is 15.0 Å². The van der Waals surface area contributed by atoms with E-state index in [0.717, 1.165) is 43.0 Å². The summed E-state index contributed by atoms with van der Waals surface area (Å²) in [6, 6.07) is 19.8. The van der Waals surface area contributed by atoms with E-state index in [1.165, 1.54) is 36.8 Å². The van der Waals surface area contributed by atoms with Crippen molar-refractivity contribution >= 4 is 29.5 Å². The van der Waals surface area contributed by atoms with Gasteiger partial charge in [0.15, 0.2) is 0 Å². The number of amides is 1. The Morgan fingerprint density at radius 1 is 0.959 bits per heavy atom. The lowest BCUT2D eigenvalue weighted by atomic mass is 9.86. The molecule has 2 aliphatic heterocycles. The molecule has 1 saturated heterocycles. The molecule has 4 aromatic rings. The van der Waals surface area contributed by atoms with Gasteiger partial charge in [-0.15, -0.1) is 0 Å². The quantitative estimate of drug-likeness (QED) is 0.202. The minimum atomic E-state index is -0.212. The van der Waals surface area contributed by atoms with Crippen molar-refractivity contribution in [3.05, 3.63) is 83.7 Å². The summed E-state index contributed by atoms with van der Waals surface area (Å²) in [6.45, 7) is 12.7. The van der Waals surface area contributed by atoms with Crippen LogP contribution in [-0.4, -0.2) is 44.5 Å². The van der Waals surface area contributed by atoms with Crippen molar-refractivity contribution in [2.24, 2.45) is 11.8 Å². The van der Waals surface area contributed by atoms with Crippen molar-refractivity contribution in [2.45, 2.75) is 95.2 Å². The van der Waals surface area contributed by atoms with Crippen LogP contribution in [-0.2, 0) is 5.41 Å². The number of fused-ring (bicyclic) bond motifs is 6. The SMILES string of the molecule is CC(C)(C)c1ccnc(C2CCC3CN(c4nc(-c5cccc(OCC6CCC6)n5)ccc4C(=O)NSc4cccc(n4)N2)C(C)(C)C3)c1. The molecule has 6 heterocycles. The second-order valence-electron chi connectivity index (χ2n) is 15.4. The zero-order valence-corrected chi connectivity index (χ0v) is 30.0. The average Bonchev–Trinajstić information content (AvgIpc) is 3.37. The van der Waals surface area contributed by atoms with E-state index in [0.29, 0.717) is 46.4 Å². The van der Waals surface area contributed by atoms with Crippen LogP contribution < -0.4 is 19.7 Å². The van der Waals surface area contributed by atoms with Gasteiger partial charge in [0.1, 0.15) is 16.7 Å². The number of aromatic nitrogens is 4. The zero-order valence-electron chi connectivity index (χ0n) is 29.2. The van der Waals surface area contributed by atoms with Gasteiger partial charge in [0, 0.05) is 36.3 Å². The van der Waals surface area contributed by atoms with E-state index >= 15 is 0 Å². The molecule has 2 N–H and O–H groups in total. The summed E-state index contributed by atoms with van der Waals surface area (Å²) in [4.78, 5) is 35.9. The highest BCUT2D eigenvalue weighted by molar-refractivity contribution is 7.97. The largest absolute Gasteiger partial charge is 0.477 e. The highest BCUT2D eigenvalue weighted by atomic mass is 32.2. The van der Waals surface area contributed by atoms with Gasteiger partial charge in [0.05, 0.1) is 35.3 Å². The molecule has 4 bridgehead atoms. The number of nitrogens with one attached hydrogen (secondary N) is 2. The third kappa shape index (κ3) is 7.54. The van der Waals surface area contributed by atoms with Gasteiger partial charge >= 0.3 is 0 Å². The summed E-state index contributed by atoms with van der Waals surface area (Å²) >= 11 is 1.21. The van der Waals surface area contributed by atoms with Crippen LogP contribution in [0.5, 0.6) is 5.88 Å². The van der Waals surface area contributed by atoms with E-state index in [4.69, 9.17) is 24.7 Å². The minimum absolute atomic E-state index is 0.0135. The Balaban J connectivity index is 1.22. The lowest BCUT2D eigenvalue weighted by molar-refractivity contribution is 0.0984. The van der Waals surface area contributed by atoms with Crippen LogP contribution in [0.25, 0.3) is 11.4 Å². The molecular formula is C39H47N7O2S. The molecule has 2 unspecified atom stereocenters. The number of carbonyl (C=O) groups is 1. The zero-order chi connectivity index (χ0) is 34.2. The van der Waals surface area contributed by atoms with Crippen molar-refractivity contribution in [3.8, 4) is 17.3 Å². The number of nitrogens with zero attached hydrogens (tertiary/aromatic N) is 5. The fourth-order valence-corrected chi connectivity index (χ4v) is 7.71. The first kappa shape index (κ1) is 33.3. The molecule has 49 heavy (non-hydrogen) atoms. The molecule has 1 amide bonds. The molecule has 10 heteroatoms. The topological polar surface area (TPSA) is 105 Å². The third-order valence-electron chi connectivity index (χ3n) is 10.2. The predicted molar refractivity (Wildman–Crippen MR) is 196 cm³/mol. The van der Waals surface area contributed by atoms with Crippen LogP contribution in [0.1, 0.15) is 101 Å². The lowest BCUT2D eigenvalue weighted by Crippen LogP contribution is -2.40. The van der Waals surface area contributed by atoms with Gasteiger partial charge in [0.25, 0.3) is 5.91 Å². The Hall–Kier alpha value is -4.18. The number of anilines is 2. The van der Waals surface area contributed by atoms with Gasteiger partial charge in [-0.2, -0.15) is 0 Å². The molecule has 4 aromatic heterocycles. The first-order chi connectivity index (χ1) is 23.5. The van der Waals surface area contributed by atoms with Gasteiger partial charge in [-0.1, -0.05) is 39.3 Å². The van der Waals surface area contributed by atoms with Gasteiger partial charge in [0.2, 0.25) is 5.88 Å². The van der Waals surface area contributed by atoms with Crippen LogP contribution in [0.4, 0.5) is 11.6 Å². The van der Waals surface area contributed by atoms with E-state index in [2.05, 4.69) is 61.7 Å². The maximum absolute atomic E-state index is 13.9. The Labute approximate surface area is 294 Å². The summed E-state index contributed by atoms with van der Waals surface area (Å²) in [6.07, 6.45) is 8.50. The highest BCUT2D eigenvalue weighted by Gasteiger charge is 2.41. The van der Waals surface area contributed by atoms with Crippen LogP contribution in [0.3, 0.4) is 0 Å². The maximum atomic E-state index is 13.9. The van der Waals surface area contributed by atoms with Crippen molar-refractivity contribution in [1.82, 2.24) is 24.7 Å². The summed E-state index contributed by atoms with van der Waals surface area (Å²) < 4.78 is 9.11. The normalized spacial score (nSPS) is 21.0. The van der Waals surface area contributed by atoms with Crippen LogP contribution in [0.15, 0.2) is 71.9 Å². The average molecular weight is 678 g/mol. The first-order valence-corrected chi connectivity index (χ1v) is 18.4. The summed E-state index contributed by atoms with van der Waals surface area (Å²) in [5, 5.41) is 4.39. The highest BCUT2D eigenvalue weighted by Crippen LogP contribution is 2.41. The number of ether oxygens (including phenoxy) is 1. The summed E-state index contributed by atoms with van der Waals surface area (Å²) in [5.41, 5.74) is 4.05. The molecule has 1 aliphatic carbocycles. The van der Waals surface area contributed by atoms with E-state index in [-0.39, 0.29) is 22.9 Å². The fraction of sp³-hybridized carbons (Fsp3) is 0.462. The Morgan fingerprint density at radius 2 is 1.78 bits per heavy atom. The van der Waals surface area contributed by atoms with Crippen molar-refractivity contribution in [3.63, 3.8) is 0 Å². The monoisotopic (exact) mass is 677 g/mol. The summed E-state index contributed by atoms with van der Waals surface area (Å²) in [7, 11) is 0. The Morgan fingerprint density at radius 3 is 2.57 bits per heavy atom. The number of carbonyl (C=O) groups excluding carboxylic acids is 1. The van der Waals surface area contributed by atoms with Crippen LogP contribution in [0, 0.1) is 11.8 Å². The maximum Gasteiger partial charge on any atom is 0.265 e. The van der Waals surface area contributed by atoms with E-state index in [9.17, 15) is 4.79 Å². The third-order valence-corrected chi connectivity index (χ3v) is 10.9. The van der Waals surface area contributed by atoms with Crippen LogP contribution >= 0.6 is 11.9 Å². The Kier molecular flexibility index (Phi) is 9.26. The molecular weight excluding hydrogens is 631 g/mol. The first-order valence-electron chi connectivity index (χ1n) is 17.6.